The van der Waals surface area contributed by atoms with Gasteiger partial charge in [0.1, 0.15) is 5.82 Å². The molecule has 6 heteroatoms. The van der Waals surface area contributed by atoms with Crippen LogP contribution in [0.4, 0.5) is 10.1 Å². The molecule has 0 saturated carbocycles. The van der Waals surface area contributed by atoms with E-state index in [1.807, 2.05) is 43.1 Å². The van der Waals surface area contributed by atoms with Crippen LogP contribution in [0.15, 0.2) is 60.8 Å². The molecule has 3 aromatic rings. The second kappa shape index (κ2) is 9.30. The van der Waals surface area contributed by atoms with Crippen molar-refractivity contribution in [1.82, 2.24) is 9.78 Å². The Balaban J connectivity index is 1.65. The Hall–Kier alpha value is -2.86. The highest BCUT2D eigenvalue weighted by atomic mass is 32.2. The average molecular weight is 424 g/mol. The molecule has 0 aliphatic rings. The van der Waals surface area contributed by atoms with Crippen molar-refractivity contribution in [3.8, 4) is 11.3 Å². The van der Waals surface area contributed by atoms with E-state index in [0.29, 0.717) is 0 Å². The van der Waals surface area contributed by atoms with E-state index >= 15 is 0 Å². The van der Waals surface area contributed by atoms with Crippen LogP contribution >= 0.6 is 11.8 Å². The van der Waals surface area contributed by atoms with Gasteiger partial charge in [0.05, 0.1) is 11.9 Å². The quantitative estimate of drug-likeness (QED) is 0.501. The number of aromatic nitrogens is 2. The van der Waals surface area contributed by atoms with Crippen molar-refractivity contribution < 1.29 is 9.18 Å². The minimum absolute atomic E-state index is 0.219. The minimum Gasteiger partial charge on any atom is -0.323 e. The van der Waals surface area contributed by atoms with Crippen molar-refractivity contribution in [2.75, 3.05) is 5.32 Å². The second-order valence-corrected chi connectivity index (χ2v) is 9.80. The molecule has 1 aromatic heterocycles. The van der Waals surface area contributed by atoms with Crippen LogP contribution in [0.3, 0.4) is 0 Å². The van der Waals surface area contributed by atoms with Crippen LogP contribution in [0.5, 0.6) is 0 Å². The van der Waals surface area contributed by atoms with Gasteiger partial charge in [0.25, 0.3) is 0 Å². The van der Waals surface area contributed by atoms with E-state index in [0.717, 1.165) is 28.3 Å². The summed E-state index contributed by atoms with van der Waals surface area (Å²) in [5.41, 5.74) is 4.41. The molecule has 0 unspecified atom stereocenters. The number of carbonyl (C=O) groups excluding carboxylic acids is 1. The summed E-state index contributed by atoms with van der Waals surface area (Å²) in [6.45, 7) is 6.59. The second-order valence-electron chi connectivity index (χ2n) is 8.00. The number of amides is 1. The summed E-state index contributed by atoms with van der Waals surface area (Å²) < 4.78 is 15.1. The molecule has 0 fully saturated rings. The first kappa shape index (κ1) is 21.8. The Kier molecular flexibility index (Phi) is 6.77. The maximum atomic E-state index is 13.2. The Labute approximate surface area is 181 Å². The number of thioether (sulfide) groups is 1. The maximum absolute atomic E-state index is 13.2. The lowest BCUT2D eigenvalue weighted by molar-refractivity contribution is -0.111. The summed E-state index contributed by atoms with van der Waals surface area (Å²) in [5.74, 6) is 0.422. The van der Waals surface area contributed by atoms with Crippen molar-refractivity contribution in [3.63, 3.8) is 0 Å². The topological polar surface area (TPSA) is 46.9 Å². The number of anilines is 1. The van der Waals surface area contributed by atoms with Gasteiger partial charge in [-0.15, -0.1) is 0 Å². The number of aryl methyl sites for hydroxylation is 1. The van der Waals surface area contributed by atoms with Crippen LogP contribution < -0.4 is 5.32 Å². The fourth-order valence-electron chi connectivity index (χ4n) is 2.87. The molecule has 0 radical (unpaired) electrons. The third kappa shape index (κ3) is 6.07. The molecule has 4 nitrogen and oxygen atoms in total. The fourth-order valence-corrected chi connectivity index (χ4v) is 3.66. The molecule has 1 amide bonds. The number of benzene rings is 2. The van der Waals surface area contributed by atoms with Crippen LogP contribution in [0, 0.1) is 5.82 Å². The minimum atomic E-state index is -0.291. The van der Waals surface area contributed by atoms with Gasteiger partial charge < -0.3 is 5.32 Å². The fraction of sp³-hybridized carbons (Fsp3) is 0.250. The first-order valence-corrected chi connectivity index (χ1v) is 10.7. The van der Waals surface area contributed by atoms with Crippen molar-refractivity contribution in [3.05, 3.63) is 77.7 Å². The molecule has 1 N–H and O–H groups in total. The van der Waals surface area contributed by atoms with Gasteiger partial charge in [-0.05, 0) is 48.0 Å². The Morgan fingerprint density at radius 3 is 2.43 bits per heavy atom. The number of hydrogen-bond acceptors (Lipinski definition) is 3. The lowest BCUT2D eigenvalue weighted by Gasteiger charge is -2.17. The number of rotatable bonds is 6. The van der Waals surface area contributed by atoms with Crippen LogP contribution in [0.25, 0.3) is 17.3 Å². The van der Waals surface area contributed by atoms with E-state index in [-0.39, 0.29) is 16.5 Å². The van der Waals surface area contributed by atoms with Gasteiger partial charge in [-0.1, -0.05) is 32.9 Å². The van der Waals surface area contributed by atoms with Crippen LogP contribution in [0.2, 0.25) is 0 Å². The molecular weight excluding hydrogens is 397 g/mol. The summed E-state index contributed by atoms with van der Waals surface area (Å²) >= 11 is 1.89. The third-order valence-corrected chi connectivity index (χ3v) is 5.74. The molecule has 30 heavy (non-hydrogen) atoms. The number of carbonyl (C=O) groups is 1. The van der Waals surface area contributed by atoms with Gasteiger partial charge in [-0.2, -0.15) is 16.9 Å². The molecule has 0 bridgehead atoms. The van der Waals surface area contributed by atoms with Gasteiger partial charge >= 0.3 is 0 Å². The Morgan fingerprint density at radius 1 is 1.13 bits per heavy atom. The van der Waals surface area contributed by atoms with Gasteiger partial charge in [0.2, 0.25) is 5.91 Å². The summed E-state index contributed by atoms with van der Waals surface area (Å²) in [7, 11) is 1.82. The lowest BCUT2D eigenvalue weighted by Crippen LogP contribution is -2.08. The van der Waals surface area contributed by atoms with Gasteiger partial charge in [0.15, 0.2) is 0 Å². The number of halogens is 1. The Morgan fingerprint density at radius 2 is 1.80 bits per heavy atom. The van der Waals surface area contributed by atoms with Crippen molar-refractivity contribution in [2.24, 2.45) is 7.05 Å². The molecular formula is C24H26FN3OS. The molecule has 0 atom stereocenters. The first-order chi connectivity index (χ1) is 14.2. The normalized spacial score (nSPS) is 11.8. The van der Waals surface area contributed by atoms with Crippen molar-refractivity contribution in [1.29, 1.82) is 0 Å². The summed E-state index contributed by atoms with van der Waals surface area (Å²) in [6.07, 6.45) is 4.88. The average Bonchev–Trinajstić information content (AvgIpc) is 3.06. The highest BCUT2D eigenvalue weighted by Crippen LogP contribution is 2.27. The zero-order valence-corrected chi connectivity index (χ0v) is 18.5. The number of nitrogens with one attached hydrogen (secondary N) is 1. The van der Waals surface area contributed by atoms with E-state index in [9.17, 15) is 9.18 Å². The summed E-state index contributed by atoms with van der Waals surface area (Å²) in [6, 6.07) is 14.1. The molecule has 0 spiro atoms. The lowest BCUT2D eigenvalue weighted by atomic mass is 10.1. The highest BCUT2D eigenvalue weighted by molar-refractivity contribution is 7.99. The molecule has 2 aromatic carbocycles. The van der Waals surface area contributed by atoms with E-state index in [1.54, 1.807) is 29.1 Å². The molecule has 156 valence electrons. The van der Waals surface area contributed by atoms with E-state index in [2.05, 4.69) is 31.2 Å². The Bertz CT molecular complexity index is 1030. The van der Waals surface area contributed by atoms with Gasteiger partial charge in [-0.3, -0.25) is 9.48 Å². The molecule has 0 aliphatic heterocycles. The predicted molar refractivity (Wildman–Crippen MR) is 124 cm³/mol. The van der Waals surface area contributed by atoms with Gasteiger partial charge in [-0.25, -0.2) is 4.39 Å². The van der Waals surface area contributed by atoms with Crippen LogP contribution in [0.1, 0.15) is 31.9 Å². The standard InChI is InChI=1S/C24H26FN3OS/c1-24(2,3)30-16-17-5-12-21(13-6-17)27-22(29)14-9-19-15-26-28(4)23(19)18-7-10-20(25)11-8-18/h5-15H,16H2,1-4H3,(H,27,29)/b14-9+. The maximum Gasteiger partial charge on any atom is 0.248 e. The summed E-state index contributed by atoms with van der Waals surface area (Å²) in [4.78, 5) is 12.3. The SMILES string of the molecule is Cn1ncc(/C=C/C(=O)Nc2ccc(CSC(C)(C)C)cc2)c1-c1ccc(F)cc1. The van der Waals surface area contributed by atoms with Crippen molar-refractivity contribution >= 4 is 29.4 Å². The van der Waals surface area contributed by atoms with Crippen LogP contribution in [-0.2, 0) is 17.6 Å². The summed E-state index contributed by atoms with van der Waals surface area (Å²) in [5, 5.41) is 7.14. The number of nitrogens with zero attached hydrogens (tertiary/aromatic N) is 2. The van der Waals surface area contributed by atoms with E-state index in [1.165, 1.54) is 23.8 Å². The monoisotopic (exact) mass is 423 g/mol. The molecule has 0 saturated heterocycles. The zero-order chi connectivity index (χ0) is 21.7. The largest absolute Gasteiger partial charge is 0.323 e. The predicted octanol–water partition coefficient (Wildman–Crippen LogP) is 5.91. The zero-order valence-electron chi connectivity index (χ0n) is 17.6. The number of hydrogen-bond donors (Lipinski definition) is 1. The molecule has 3 rings (SSSR count). The van der Waals surface area contributed by atoms with Crippen LogP contribution in [-0.4, -0.2) is 20.4 Å². The molecule has 0 aliphatic carbocycles. The smallest absolute Gasteiger partial charge is 0.248 e. The third-order valence-electron chi connectivity index (χ3n) is 4.39. The van der Waals surface area contributed by atoms with E-state index < -0.39 is 0 Å². The van der Waals surface area contributed by atoms with E-state index in [4.69, 9.17) is 0 Å². The highest BCUT2D eigenvalue weighted by Gasteiger charge is 2.11. The van der Waals surface area contributed by atoms with Gasteiger partial charge in [0, 0.05) is 40.4 Å². The van der Waals surface area contributed by atoms with Crippen molar-refractivity contribution in [2.45, 2.75) is 31.3 Å². The molecule has 1 heterocycles. The first-order valence-electron chi connectivity index (χ1n) is 9.71.